The largest absolute Gasteiger partial charge is 0.384 e. The molecule has 0 saturated heterocycles. The molecule has 0 saturated carbocycles. The van der Waals surface area contributed by atoms with Crippen LogP contribution in [0.25, 0.3) is 0 Å². The van der Waals surface area contributed by atoms with E-state index in [2.05, 4.69) is 0 Å². The van der Waals surface area contributed by atoms with Gasteiger partial charge in [-0.2, -0.15) is 0 Å². The standard InChI is InChI=1S/C7H14O2S/c1-3-4-6-10(8)7-5-9-2/h3-4H,5-7H2,1-2H3/b4-3+. The molecule has 0 aromatic rings. The summed E-state index contributed by atoms with van der Waals surface area (Å²) in [5, 5.41) is 0. The minimum atomic E-state index is -0.732. The van der Waals surface area contributed by atoms with E-state index in [1.165, 1.54) is 0 Å². The summed E-state index contributed by atoms with van der Waals surface area (Å²) in [7, 11) is 0.886. The molecular weight excluding hydrogens is 148 g/mol. The first-order valence-corrected chi connectivity index (χ1v) is 4.75. The molecule has 2 nitrogen and oxygen atoms in total. The lowest BCUT2D eigenvalue weighted by atomic mass is 10.6. The summed E-state index contributed by atoms with van der Waals surface area (Å²) in [5.41, 5.74) is 0. The Morgan fingerprint density at radius 3 is 2.80 bits per heavy atom. The molecule has 0 heterocycles. The van der Waals surface area contributed by atoms with Crippen molar-refractivity contribution in [2.45, 2.75) is 6.92 Å². The van der Waals surface area contributed by atoms with Gasteiger partial charge in [-0.3, -0.25) is 4.21 Å². The van der Waals surface area contributed by atoms with Crippen LogP contribution in [0.2, 0.25) is 0 Å². The smallest absolute Gasteiger partial charge is 0.0577 e. The third-order valence-electron chi connectivity index (χ3n) is 1.03. The van der Waals surface area contributed by atoms with E-state index < -0.39 is 10.8 Å². The van der Waals surface area contributed by atoms with E-state index in [0.29, 0.717) is 18.1 Å². The van der Waals surface area contributed by atoms with Gasteiger partial charge in [0.25, 0.3) is 0 Å². The highest BCUT2D eigenvalue weighted by atomic mass is 32.2. The maximum absolute atomic E-state index is 10.9. The molecule has 0 N–H and O–H groups in total. The first kappa shape index (κ1) is 9.85. The van der Waals surface area contributed by atoms with Gasteiger partial charge in [0.15, 0.2) is 0 Å². The zero-order chi connectivity index (χ0) is 7.82. The molecular formula is C7H14O2S. The normalized spacial score (nSPS) is 14.2. The van der Waals surface area contributed by atoms with Crippen molar-refractivity contribution in [2.75, 3.05) is 25.2 Å². The van der Waals surface area contributed by atoms with Crippen molar-refractivity contribution in [3.05, 3.63) is 12.2 Å². The summed E-state index contributed by atoms with van der Waals surface area (Å²) in [6, 6.07) is 0. The van der Waals surface area contributed by atoms with Gasteiger partial charge in [-0.25, -0.2) is 0 Å². The Bertz CT molecular complexity index is 121. The van der Waals surface area contributed by atoms with Gasteiger partial charge >= 0.3 is 0 Å². The fraction of sp³-hybridized carbons (Fsp3) is 0.714. The Balaban J connectivity index is 3.25. The summed E-state index contributed by atoms with van der Waals surface area (Å²) < 4.78 is 15.7. The predicted molar refractivity (Wildman–Crippen MR) is 44.6 cm³/mol. The fourth-order valence-corrected chi connectivity index (χ4v) is 1.39. The summed E-state index contributed by atoms with van der Waals surface area (Å²) in [6.45, 7) is 2.51. The van der Waals surface area contributed by atoms with Crippen molar-refractivity contribution >= 4 is 10.8 Å². The van der Waals surface area contributed by atoms with Crippen LogP contribution in [0.15, 0.2) is 12.2 Å². The van der Waals surface area contributed by atoms with E-state index in [9.17, 15) is 4.21 Å². The molecule has 0 amide bonds. The van der Waals surface area contributed by atoms with Gasteiger partial charge in [-0.1, -0.05) is 12.2 Å². The topological polar surface area (TPSA) is 26.3 Å². The average molecular weight is 162 g/mol. The van der Waals surface area contributed by atoms with Crippen LogP contribution in [0.3, 0.4) is 0 Å². The van der Waals surface area contributed by atoms with Crippen LogP contribution in [0, 0.1) is 0 Å². The molecule has 0 bridgehead atoms. The Labute approximate surface area is 64.7 Å². The van der Waals surface area contributed by atoms with Crippen molar-refractivity contribution in [2.24, 2.45) is 0 Å². The molecule has 1 atom stereocenters. The summed E-state index contributed by atoms with van der Waals surface area (Å²) in [5.74, 6) is 1.29. The van der Waals surface area contributed by atoms with E-state index in [1.807, 2.05) is 19.1 Å². The monoisotopic (exact) mass is 162 g/mol. The van der Waals surface area contributed by atoms with Crippen molar-refractivity contribution in [3.63, 3.8) is 0 Å². The van der Waals surface area contributed by atoms with Crippen LogP contribution < -0.4 is 0 Å². The summed E-state index contributed by atoms with van der Waals surface area (Å²) in [6.07, 6.45) is 3.82. The van der Waals surface area contributed by atoms with Crippen LogP contribution in [-0.4, -0.2) is 29.4 Å². The van der Waals surface area contributed by atoms with Crippen LogP contribution >= 0.6 is 0 Å². The molecule has 1 unspecified atom stereocenters. The minimum absolute atomic E-state index is 0.587. The van der Waals surface area contributed by atoms with Crippen molar-refractivity contribution < 1.29 is 8.95 Å². The Hall–Kier alpha value is -0.150. The third-order valence-corrected chi connectivity index (χ3v) is 2.22. The van der Waals surface area contributed by atoms with Gasteiger partial charge in [0.2, 0.25) is 0 Å². The maximum Gasteiger partial charge on any atom is 0.0577 e. The van der Waals surface area contributed by atoms with E-state index >= 15 is 0 Å². The molecule has 60 valence electrons. The number of rotatable bonds is 5. The molecule has 0 fully saturated rings. The third kappa shape index (κ3) is 5.98. The average Bonchev–Trinajstić information content (AvgIpc) is 1.97. The first-order valence-electron chi connectivity index (χ1n) is 3.26. The van der Waals surface area contributed by atoms with Crippen LogP contribution in [0.1, 0.15) is 6.92 Å². The zero-order valence-corrected chi connectivity index (χ0v) is 7.32. The molecule has 0 aliphatic carbocycles. The van der Waals surface area contributed by atoms with E-state index in [0.717, 1.165) is 0 Å². The predicted octanol–water partition coefficient (Wildman–Crippen LogP) is 0.958. The molecule has 0 aliphatic rings. The second-order valence-electron chi connectivity index (χ2n) is 1.87. The molecule has 0 aliphatic heterocycles. The fourth-order valence-electron chi connectivity index (χ4n) is 0.463. The molecule has 3 heteroatoms. The second kappa shape index (κ2) is 6.96. The van der Waals surface area contributed by atoms with Gasteiger partial charge in [0, 0.05) is 29.4 Å². The van der Waals surface area contributed by atoms with Crippen LogP contribution in [0.5, 0.6) is 0 Å². The van der Waals surface area contributed by atoms with Crippen molar-refractivity contribution in [1.82, 2.24) is 0 Å². The van der Waals surface area contributed by atoms with Gasteiger partial charge in [-0.05, 0) is 6.92 Å². The minimum Gasteiger partial charge on any atom is -0.384 e. The molecule has 10 heavy (non-hydrogen) atoms. The second-order valence-corrected chi connectivity index (χ2v) is 3.49. The highest BCUT2D eigenvalue weighted by Crippen LogP contribution is 1.84. The number of hydrogen-bond acceptors (Lipinski definition) is 2. The molecule has 0 aromatic heterocycles. The zero-order valence-electron chi connectivity index (χ0n) is 6.50. The molecule has 0 aromatic carbocycles. The van der Waals surface area contributed by atoms with Crippen LogP contribution in [-0.2, 0) is 15.5 Å². The SMILES string of the molecule is C/C=C/CS(=O)CCOC. The van der Waals surface area contributed by atoms with Gasteiger partial charge in [-0.15, -0.1) is 0 Å². The molecule has 0 rings (SSSR count). The van der Waals surface area contributed by atoms with E-state index in [4.69, 9.17) is 4.74 Å². The lowest BCUT2D eigenvalue weighted by Crippen LogP contribution is -2.05. The number of ether oxygens (including phenoxy) is 1. The Morgan fingerprint density at radius 2 is 2.30 bits per heavy atom. The maximum atomic E-state index is 10.9. The first-order chi connectivity index (χ1) is 4.81. The highest BCUT2D eigenvalue weighted by Gasteiger charge is 1.93. The number of methoxy groups -OCH3 is 1. The van der Waals surface area contributed by atoms with E-state index in [1.54, 1.807) is 7.11 Å². The lowest BCUT2D eigenvalue weighted by Gasteiger charge is -1.95. The van der Waals surface area contributed by atoms with Crippen molar-refractivity contribution in [3.8, 4) is 0 Å². The molecule has 0 spiro atoms. The van der Waals surface area contributed by atoms with E-state index in [-0.39, 0.29) is 0 Å². The van der Waals surface area contributed by atoms with Gasteiger partial charge < -0.3 is 4.74 Å². The number of hydrogen-bond donors (Lipinski definition) is 0. The molecule has 0 radical (unpaired) electrons. The summed E-state index contributed by atoms with van der Waals surface area (Å²) in [4.78, 5) is 0. The Kier molecular flexibility index (Phi) is 6.86. The van der Waals surface area contributed by atoms with Gasteiger partial charge in [0.05, 0.1) is 6.61 Å². The summed E-state index contributed by atoms with van der Waals surface area (Å²) >= 11 is 0. The van der Waals surface area contributed by atoms with Gasteiger partial charge in [0.1, 0.15) is 0 Å². The number of allylic oxidation sites excluding steroid dienone is 1. The quantitative estimate of drug-likeness (QED) is 0.563. The Morgan fingerprint density at radius 1 is 1.60 bits per heavy atom. The lowest BCUT2D eigenvalue weighted by molar-refractivity contribution is 0.218. The van der Waals surface area contributed by atoms with Crippen LogP contribution in [0.4, 0.5) is 0 Å². The highest BCUT2D eigenvalue weighted by molar-refractivity contribution is 7.85. The van der Waals surface area contributed by atoms with Crippen molar-refractivity contribution in [1.29, 1.82) is 0 Å².